The smallest absolute Gasteiger partial charge is 0.478 e. The summed E-state index contributed by atoms with van der Waals surface area (Å²) in [6.45, 7) is 1.93. The number of fused-ring (bicyclic) bond motifs is 1. The Bertz CT molecular complexity index is 1430. The van der Waals surface area contributed by atoms with E-state index in [0.717, 1.165) is 17.0 Å². The summed E-state index contributed by atoms with van der Waals surface area (Å²) in [5.74, 6) is -1.83. The van der Waals surface area contributed by atoms with E-state index in [1.807, 2.05) is 6.07 Å². The standard InChI is InChI=1S/C26H20ClF3N2O4/c1-15(17-5-7-19(8-6-17)25(34)35)31-24(33)22-4-2-3-18-9-10-32(23(18)22)14-16-11-20(27)13-21(12-16)36-26(28,29)30/h2-13,15H,14H2,1H3,(H,31,33)(H,34,35)/t15-/m0/s1. The van der Waals surface area contributed by atoms with Gasteiger partial charge < -0.3 is 19.7 Å². The number of hydrogen-bond donors (Lipinski definition) is 2. The fourth-order valence-electron chi connectivity index (χ4n) is 3.95. The van der Waals surface area contributed by atoms with E-state index < -0.39 is 24.1 Å². The van der Waals surface area contributed by atoms with Gasteiger partial charge in [0.15, 0.2) is 0 Å². The lowest BCUT2D eigenvalue weighted by Gasteiger charge is -2.16. The van der Waals surface area contributed by atoms with Crippen molar-refractivity contribution >= 4 is 34.4 Å². The van der Waals surface area contributed by atoms with E-state index >= 15 is 0 Å². The lowest BCUT2D eigenvalue weighted by atomic mass is 10.0. The van der Waals surface area contributed by atoms with E-state index in [0.29, 0.717) is 16.6 Å². The summed E-state index contributed by atoms with van der Waals surface area (Å²) in [5, 5.41) is 12.8. The zero-order valence-corrected chi connectivity index (χ0v) is 19.6. The summed E-state index contributed by atoms with van der Waals surface area (Å²) in [7, 11) is 0. The first kappa shape index (κ1) is 25.1. The zero-order chi connectivity index (χ0) is 26.0. The number of nitrogens with one attached hydrogen (secondary N) is 1. The highest BCUT2D eigenvalue weighted by Crippen LogP contribution is 2.29. The molecule has 1 aromatic heterocycles. The lowest BCUT2D eigenvalue weighted by Crippen LogP contribution is -2.27. The largest absolute Gasteiger partial charge is 0.573 e. The second-order valence-corrected chi connectivity index (χ2v) is 8.59. The molecule has 0 aliphatic heterocycles. The Hall–Kier alpha value is -3.98. The Morgan fingerprint density at radius 1 is 1.08 bits per heavy atom. The number of aromatic carboxylic acids is 1. The van der Waals surface area contributed by atoms with Gasteiger partial charge >= 0.3 is 12.3 Å². The number of alkyl halides is 3. The maximum atomic E-state index is 13.2. The Kier molecular flexibility index (Phi) is 6.94. The van der Waals surface area contributed by atoms with Gasteiger partial charge in [-0.05, 0) is 60.5 Å². The van der Waals surface area contributed by atoms with Gasteiger partial charge in [0.1, 0.15) is 5.75 Å². The molecule has 0 saturated carbocycles. The van der Waals surface area contributed by atoms with Crippen molar-refractivity contribution in [2.75, 3.05) is 0 Å². The van der Waals surface area contributed by atoms with E-state index in [1.54, 1.807) is 48.0 Å². The van der Waals surface area contributed by atoms with Gasteiger partial charge in [-0.25, -0.2) is 4.79 Å². The molecule has 1 amide bonds. The van der Waals surface area contributed by atoms with Crippen molar-refractivity contribution in [2.24, 2.45) is 0 Å². The topological polar surface area (TPSA) is 80.6 Å². The number of carboxylic acids is 1. The predicted octanol–water partition coefficient (Wildman–Crippen LogP) is 6.43. The molecule has 36 heavy (non-hydrogen) atoms. The number of nitrogens with zero attached hydrogens (tertiary/aromatic N) is 1. The summed E-state index contributed by atoms with van der Waals surface area (Å²) >= 11 is 6.01. The van der Waals surface area contributed by atoms with Gasteiger partial charge in [-0.2, -0.15) is 0 Å². The van der Waals surface area contributed by atoms with E-state index in [1.165, 1.54) is 24.3 Å². The van der Waals surface area contributed by atoms with Crippen molar-refractivity contribution in [2.45, 2.75) is 25.9 Å². The van der Waals surface area contributed by atoms with Crippen LogP contribution in [-0.4, -0.2) is 27.9 Å². The Morgan fingerprint density at radius 2 is 1.81 bits per heavy atom. The third-order valence-corrected chi connectivity index (χ3v) is 5.77. The Morgan fingerprint density at radius 3 is 2.47 bits per heavy atom. The van der Waals surface area contributed by atoms with Crippen LogP contribution in [0.5, 0.6) is 5.75 Å². The van der Waals surface area contributed by atoms with Gasteiger partial charge in [-0.1, -0.05) is 35.9 Å². The van der Waals surface area contributed by atoms with Crippen molar-refractivity contribution in [3.05, 3.63) is 100 Å². The second kappa shape index (κ2) is 9.94. The van der Waals surface area contributed by atoms with Crippen LogP contribution in [0.25, 0.3) is 10.9 Å². The van der Waals surface area contributed by atoms with Gasteiger partial charge in [0.2, 0.25) is 0 Å². The number of halogens is 4. The van der Waals surface area contributed by atoms with Gasteiger partial charge in [0, 0.05) is 23.2 Å². The van der Waals surface area contributed by atoms with Crippen molar-refractivity contribution in [1.29, 1.82) is 0 Å². The third kappa shape index (κ3) is 5.80. The molecule has 0 aliphatic rings. The monoisotopic (exact) mass is 516 g/mol. The molecule has 3 aromatic carbocycles. The van der Waals surface area contributed by atoms with Crippen molar-refractivity contribution in [3.8, 4) is 5.75 Å². The molecule has 186 valence electrons. The minimum Gasteiger partial charge on any atom is -0.478 e. The van der Waals surface area contributed by atoms with E-state index in [2.05, 4.69) is 10.1 Å². The van der Waals surface area contributed by atoms with Crippen LogP contribution in [0.15, 0.2) is 72.9 Å². The van der Waals surface area contributed by atoms with Crippen LogP contribution in [0.4, 0.5) is 13.2 Å². The molecule has 1 atom stereocenters. The number of carbonyl (C=O) groups is 2. The number of aromatic nitrogens is 1. The van der Waals surface area contributed by atoms with Gasteiger partial charge in [-0.3, -0.25) is 4.79 Å². The number of para-hydroxylation sites is 1. The highest BCUT2D eigenvalue weighted by molar-refractivity contribution is 6.30. The lowest BCUT2D eigenvalue weighted by molar-refractivity contribution is -0.274. The number of benzene rings is 3. The van der Waals surface area contributed by atoms with E-state index in [4.69, 9.17) is 16.7 Å². The van der Waals surface area contributed by atoms with Crippen molar-refractivity contribution in [3.63, 3.8) is 0 Å². The van der Waals surface area contributed by atoms with Crippen molar-refractivity contribution < 1.29 is 32.6 Å². The average molecular weight is 517 g/mol. The summed E-state index contributed by atoms with van der Waals surface area (Å²) in [6.07, 6.45) is -3.11. The molecule has 0 radical (unpaired) electrons. The molecule has 10 heteroatoms. The molecule has 0 bridgehead atoms. The summed E-state index contributed by atoms with van der Waals surface area (Å²) in [6, 6.07) is 16.7. The van der Waals surface area contributed by atoms with Crippen LogP contribution in [0, 0.1) is 0 Å². The highest BCUT2D eigenvalue weighted by atomic mass is 35.5. The number of carboxylic acid groups (broad SMARTS) is 1. The summed E-state index contributed by atoms with van der Waals surface area (Å²) in [4.78, 5) is 24.3. The van der Waals surface area contributed by atoms with Crippen LogP contribution in [0.1, 0.15) is 44.8 Å². The highest BCUT2D eigenvalue weighted by Gasteiger charge is 2.31. The summed E-state index contributed by atoms with van der Waals surface area (Å²) < 4.78 is 43.8. The quantitative estimate of drug-likeness (QED) is 0.296. The van der Waals surface area contributed by atoms with Gasteiger partial charge in [-0.15, -0.1) is 13.2 Å². The molecule has 0 spiro atoms. The Labute approximate surface area is 208 Å². The molecule has 0 fully saturated rings. The maximum absolute atomic E-state index is 13.2. The van der Waals surface area contributed by atoms with Crippen LogP contribution in [-0.2, 0) is 6.54 Å². The normalized spacial score (nSPS) is 12.4. The molecule has 6 nitrogen and oxygen atoms in total. The fourth-order valence-corrected chi connectivity index (χ4v) is 4.20. The third-order valence-electron chi connectivity index (χ3n) is 5.56. The molecular formula is C26H20ClF3N2O4. The molecular weight excluding hydrogens is 497 g/mol. The molecule has 4 rings (SSSR count). The molecule has 4 aromatic rings. The van der Waals surface area contributed by atoms with Gasteiger partial charge in [0.05, 0.1) is 22.7 Å². The first-order chi connectivity index (χ1) is 17.0. The molecule has 0 unspecified atom stereocenters. The number of ether oxygens (including phenoxy) is 1. The second-order valence-electron chi connectivity index (χ2n) is 8.15. The van der Waals surface area contributed by atoms with Crippen molar-refractivity contribution in [1.82, 2.24) is 9.88 Å². The number of hydrogen-bond acceptors (Lipinski definition) is 3. The minimum atomic E-state index is -4.85. The molecule has 0 aliphatic carbocycles. The van der Waals surface area contributed by atoms with Crippen LogP contribution < -0.4 is 10.1 Å². The fraction of sp³-hybridized carbons (Fsp3) is 0.154. The predicted molar refractivity (Wildman–Crippen MR) is 128 cm³/mol. The maximum Gasteiger partial charge on any atom is 0.573 e. The Balaban J connectivity index is 1.60. The van der Waals surface area contributed by atoms with Gasteiger partial charge in [0.25, 0.3) is 5.91 Å². The number of carbonyl (C=O) groups excluding carboxylic acids is 1. The average Bonchev–Trinajstić information content (AvgIpc) is 3.20. The number of rotatable bonds is 7. The number of amides is 1. The first-order valence-electron chi connectivity index (χ1n) is 10.8. The molecule has 0 saturated heterocycles. The molecule has 2 N–H and O–H groups in total. The van der Waals surface area contributed by atoms with Crippen LogP contribution in [0.3, 0.4) is 0 Å². The SMILES string of the molecule is C[C@H](NC(=O)c1cccc2ccn(Cc3cc(Cl)cc(OC(F)(F)F)c3)c12)c1ccc(C(=O)O)cc1. The first-order valence-corrected chi connectivity index (χ1v) is 11.1. The van der Waals surface area contributed by atoms with E-state index in [-0.39, 0.29) is 23.0 Å². The van der Waals surface area contributed by atoms with Crippen LogP contribution in [0.2, 0.25) is 5.02 Å². The molecule has 1 heterocycles. The van der Waals surface area contributed by atoms with Crippen LogP contribution >= 0.6 is 11.6 Å². The summed E-state index contributed by atoms with van der Waals surface area (Å²) in [5.41, 5.74) is 2.31. The minimum absolute atomic E-state index is 0.0870. The van der Waals surface area contributed by atoms with E-state index in [9.17, 15) is 22.8 Å². The zero-order valence-electron chi connectivity index (χ0n) is 18.8.